The maximum Gasteiger partial charge on any atom is 0.336 e. The predicted octanol–water partition coefficient (Wildman–Crippen LogP) is 0.988. The number of nitrogens with zero attached hydrogens (tertiary/aromatic N) is 3. The number of carbonyl (C=O) groups is 2. The normalized spacial score (nSPS) is 15.9. The molecule has 0 aliphatic carbocycles. The van der Waals surface area contributed by atoms with Gasteiger partial charge >= 0.3 is 5.97 Å². The summed E-state index contributed by atoms with van der Waals surface area (Å²) < 4.78 is 26.5. The number of rotatable bonds is 4. The number of piperazine rings is 1. The summed E-state index contributed by atoms with van der Waals surface area (Å²) in [4.78, 5) is 28.8. The van der Waals surface area contributed by atoms with Crippen LogP contribution >= 0.6 is 11.3 Å². The Balaban J connectivity index is 1.69. The van der Waals surface area contributed by atoms with Crippen molar-refractivity contribution in [1.82, 2.24) is 14.2 Å². The molecule has 1 aliphatic heterocycles. The fraction of sp³-hybridized carbons (Fsp3) is 0.267. The quantitative estimate of drug-likeness (QED) is 0.846. The third-order valence-corrected chi connectivity index (χ3v) is 7.16. The molecule has 25 heavy (non-hydrogen) atoms. The van der Waals surface area contributed by atoms with Crippen molar-refractivity contribution in [2.24, 2.45) is 0 Å². The molecule has 0 bridgehead atoms. The highest BCUT2D eigenvalue weighted by Crippen LogP contribution is 2.25. The zero-order valence-corrected chi connectivity index (χ0v) is 14.7. The second-order valence-corrected chi connectivity index (χ2v) is 8.47. The molecule has 132 valence electrons. The van der Waals surface area contributed by atoms with Crippen LogP contribution in [-0.2, 0) is 10.0 Å². The average Bonchev–Trinajstić information content (AvgIpc) is 3.13. The van der Waals surface area contributed by atoms with Crippen LogP contribution < -0.4 is 0 Å². The van der Waals surface area contributed by atoms with Crippen LogP contribution in [-0.4, -0.2) is 65.8 Å². The summed E-state index contributed by atoms with van der Waals surface area (Å²) in [6.45, 7) is 0.859. The third kappa shape index (κ3) is 3.55. The van der Waals surface area contributed by atoms with Gasteiger partial charge < -0.3 is 10.0 Å². The molecule has 0 atom stereocenters. The number of sulfonamides is 1. The van der Waals surface area contributed by atoms with Gasteiger partial charge in [0.15, 0.2) is 0 Å². The van der Waals surface area contributed by atoms with Crippen molar-refractivity contribution >= 4 is 33.2 Å². The Labute approximate surface area is 148 Å². The van der Waals surface area contributed by atoms with E-state index in [1.165, 1.54) is 15.9 Å². The van der Waals surface area contributed by atoms with E-state index in [0.29, 0.717) is 5.56 Å². The number of aromatic carboxylic acids is 1. The largest absolute Gasteiger partial charge is 0.478 e. The summed E-state index contributed by atoms with van der Waals surface area (Å²) in [5.74, 6) is -1.35. The van der Waals surface area contributed by atoms with Crippen molar-refractivity contribution in [2.75, 3.05) is 26.2 Å². The van der Waals surface area contributed by atoms with Gasteiger partial charge in [0.25, 0.3) is 15.9 Å². The van der Waals surface area contributed by atoms with Crippen LogP contribution in [0.15, 0.2) is 40.2 Å². The van der Waals surface area contributed by atoms with Gasteiger partial charge in [0.05, 0.1) is 11.1 Å². The molecule has 1 fully saturated rings. The molecule has 2 aromatic rings. The van der Waals surface area contributed by atoms with Crippen LogP contribution in [0.4, 0.5) is 0 Å². The van der Waals surface area contributed by atoms with Crippen molar-refractivity contribution < 1.29 is 23.1 Å². The fourth-order valence-electron chi connectivity index (χ4n) is 2.49. The highest BCUT2D eigenvalue weighted by Gasteiger charge is 2.31. The van der Waals surface area contributed by atoms with Gasteiger partial charge in [-0.05, 0) is 18.2 Å². The van der Waals surface area contributed by atoms with Crippen LogP contribution in [0.25, 0.3) is 0 Å². The lowest BCUT2D eigenvalue weighted by atomic mass is 10.2. The molecule has 0 aromatic carbocycles. The standard InChI is InChI=1S/C15H15N3O5S2/c19-14(11-2-1-3-16-9-11)17-4-6-18(7-5-17)25(22,23)13-8-12(10-24-13)15(20)21/h1-3,8-10H,4-7H2,(H,20,21). The molecule has 1 aliphatic rings. The van der Waals surface area contributed by atoms with Crippen LogP contribution in [0.5, 0.6) is 0 Å². The van der Waals surface area contributed by atoms with E-state index in [1.807, 2.05) is 0 Å². The van der Waals surface area contributed by atoms with Gasteiger partial charge in [-0.3, -0.25) is 9.78 Å². The zero-order valence-electron chi connectivity index (χ0n) is 13.0. The first-order valence-electron chi connectivity index (χ1n) is 7.41. The van der Waals surface area contributed by atoms with E-state index in [-0.39, 0.29) is 41.9 Å². The first-order chi connectivity index (χ1) is 11.9. The fourth-order valence-corrected chi connectivity index (χ4v) is 5.22. The number of hydrogen-bond donors (Lipinski definition) is 1. The second kappa shape index (κ2) is 6.90. The van der Waals surface area contributed by atoms with E-state index in [2.05, 4.69) is 4.98 Å². The maximum absolute atomic E-state index is 12.6. The van der Waals surface area contributed by atoms with E-state index in [1.54, 1.807) is 23.2 Å². The first-order valence-corrected chi connectivity index (χ1v) is 9.73. The van der Waals surface area contributed by atoms with E-state index < -0.39 is 16.0 Å². The second-order valence-electron chi connectivity index (χ2n) is 5.40. The Morgan fingerprint density at radius 1 is 1.16 bits per heavy atom. The van der Waals surface area contributed by atoms with Gasteiger partial charge in [-0.25, -0.2) is 13.2 Å². The predicted molar refractivity (Wildman–Crippen MR) is 90.2 cm³/mol. The molecule has 8 nitrogen and oxygen atoms in total. The summed E-state index contributed by atoms with van der Waals surface area (Å²) in [7, 11) is -3.75. The Bertz CT molecular complexity index is 887. The van der Waals surface area contributed by atoms with Gasteiger partial charge in [0.1, 0.15) is 4.21 Å². The lowest BCUT2D eigenvalue weighted by Gasteiger charge is -2.33. The van der Waals surface area contributed by atoms with Gasteiger partial charge in [-0.2, -0.15) is 4.31 Å². The average molecular weight is 381 g/mol. The molecule has 1 amide bonds. The summed E-state index contributed by atoms with van der Waals surface area (Å²) in [5.41, 5.74) is 0.414. The molecular formula is C15H15N3O5S2. The van der Waals surface area contributed by atoms with Crippen molar-refractivity contribution in [1.29, 1.82) is 0 Å². The number of hydrogen-bond acceptors (Lipinski definition) is 6. The SMILES string of the molecule is O=C(O)c1csc(S(=O)(=O)N2CCN(C(=O)c3cccnc3)CC2)c1. The van der Waals surface area contributed by atoms with E-state index in [4.69, 9.17) is 5.11 Å². The number of carbonyl (C=O) groups excluding carboxylic acids is 1. The van der Waals surface area contributed by atoms with Crippen LogP contribution in [0, 0.1) is 0 Å². The van der Waals surface area contributed by atoms with Crippen molar-refractivity contribution in [3.8, 4) is 0 Å². The molecule has 2 aromatic heterocycles. The summed E-state index contributed by atoms with van der Waals surface area (Å²) in [5, 5.41) is 10.2. The minimum Gasteiger partial charge on any atom is -0.478 e. The Kier molecular flexibility index (Phi) is 4.84. The lowest BCUT2D eigenvalue weighted by molar-refractivity contribution is 0.0688. The highest BCUT2D eigenvalue weighted by molar-refractivity contribution is 7.91. The zero-order chi connectivity index (χ0) is 18.0. The van der Waals surface area contributed by atoms with Crippen molar-refractivity contribution in [3.63, 3.8) is 0 Å². The molecule has 1 saturated heterocycles. The van der Waals surface area contributed by atoms with Gasteiger partial charge in [0.2, 0.25) is 0 Å². The number of carboxylic acids is 1. The number of carboxylic acid groups (broad SMARTS) is 1. The van der Waals surface area contributed by atoms with E-state index in [0.717, 1.165) is 17.4 Å². The van der Waals surface area contributed by atoms with Crippen LogP contribution in [0.1, 0.15) is 20.7 Å². The maximum atomic E-state index is 12.6. The van der Waals surface area contributed by atoms with Gasteiger partial charge in [-0.1, -0.05) is 0 Å². The van der Waals surface area contributed by atoms with E-state index in [9.17, 15) is 18.0 Å². The summed E-state index contributed by atoms with van der Waals surface area (Å²) in [6, 6.07) is 4.50. The molecule has 0 radical (unpaired) electrons. The third-order valence-electron chi connectivity index (χ3n) is 3.85. The molecule has 1 N–H and O–H groups in total. The highest BCUT2D eigenvalue weighted by atomic mass is 32.2. The molecule has 0 saturated carbocycles. The molecule has 3 heterocycles. The monoisotopic (exact) mass is 381 g/mol. The minimum atomic E-state index is -3.75. The first kappa shape index (κ1) is 17.5. The molecule has 10 heteroatoms. The Hall–Kier alpha value is -2.30. The lowest BCUT2D eigenvalue weighted by Crippen LogP contribution is -2.50. The van der Waals surface area contributed by atoms with Crippen molar-refractivity contribution in [2.45, 2.75) is 4.21 Å². The topological polar surface area (TPSA) is 108 Å². The van der Waals surface area contributed by atoms with Gasteiger partial charge in [-0.15, -0.1) is 11.3 Å². The van der Waals surface area contributed by atoms with E-state index >= 15 is 0 Å². The number of amides is 1. The van der Waals surface area contributed by atoms with Crippen LogP contribution in [0.2, 0.25) is 0 Å². The molecule has 0 spiro atoms. The smallest absolute Gasteiger partial charge is 0.336 e. The number of aromatic nitrogens is 1. The molecular weight excluding hydrogens is 366 g/mol. The summed E-state index contributed by atoms with van der Waals surface area (Å²) in [6.07, 6.45) is 3.05. The molecule has 0 unspecified atom stereocenters. The van der Waals surface area contributed by atoms with Crippen LogP contribution in [0.3, 0.4) is 0 Å². The van der Waals surface area contributed by atoms with Crippen molar-refractivity contribution in [3.05, 3.63) is 47.1 Å². The minimum absolute atomic E-state index is 0.00284. The summed E-state index contributed by atoms with van der Waals surface area (Å²) >= 11 is 0.883. The molecule has 3 rings (SSSR count). The Morgan fingerprint density at radius 3 is 2.44 bits per heavy atom. The number of thiophene rings is 1. The van der Waals surface area contributed by atoms with Gasteiger partial charge in [0, 0.05) is 44.0 Å². The Morgan fingerprint density at radius 2 is 1.88 bits per heavy atom. The number of pyridine rings is 1.